The Balaban J connectivity index is 1.46. The average Bonchev–Trinajstić information content (AvgIpc) is 3.57. The van der Waals surface area contributed by atoms with E-state index >= 15 is 0 Å². The number of sulfonamides is 1. The van der Waals surface area contributed by atoms with Crippen molar-refractivity contribution >= 4 is 26.6 Å². The van der Waals surface area contributed by atoms with Crippen molar-refractivity contribution in [1.29, 1.82) is 0 Å². The Bertz CT molecular complexity index is 1810. The summed E-state index contributed by atoms with van der Waals surface area (Å²) in [5.41, 5.74) is -2.67. The molecule has 0 fully saturated rings. The van der Waals surface area contributed by atoms with Crippen molar-refractivity contribution < 1.29 is 35.5 Å². The maximum absolute atomic E-state index is 14.9. The Hall–Kier alpha value is -4.37. The number of anilines is 1. The van der Waals surface area contributed by atoms with Crippen LogP contribution >= 0.6 is 0 Å². The number of nitrogens with zero attached hydrogens (tertiary/aromatic N) is 5. The fourth-order valence-corrected chi connectivity index (χ4v) is 5.46. The smallest absolute Gasteiger partial charge is 0.381 e. The lowest BCUT2D eigenvalue weighted by Crippen LogP contribution is -2.40. The van der Waals surface area contributed by atoms with Gasteiger partial charge in [-0.05, 0) is 55.5 Å². The maximum atomic E-state index is 14.9. The van der Waals surface area contributed by atoms with Crippen LogP contribution in [0.4, 0.5) is 27.6 Å². The zero-order valence-electron chi connectivity index (χ0n) is 21.1. The van der Waals surface area contributed by atoms with E-state index in [1.807, 2.05) is 0 Å². The van der Waals surface area contributed by atoms with Crippen molar-refractivity contribution in [1.82, 2.24) is 24.5 Å². The quantitative estimate of drug-likeness (QED) is 0.249. The van der Waals surface area contributed by atoms with Gasteiger partial charge in [0.2, 0.25) is 0 Å². The molecule has 214 valence electrons. The van der Waals surface area contributed by atoms with Crippen LogP contribution in [0.2, 0.25) is 0 Å². The number of aromatic nitrogens is 5. The van der Waals surface area contributed by atoms with E-state index in [4.69, 9.17) is 0 Å². The van der Waals surface area contributed by atoms with Crippen molar-refractivity contribution in [2.24, 2.45) is 0 Å². The van der Waals surface area contributed by atoms with Crippen LogP contribution in [0.5, 0.6) is 0 Å². The minimum absolute atomic E-state index is 0.104. The van der Waals surface area contributed by atoms with Gasteiger partial charge in [0.05, 0.1) is 28.6 Å². The second kappa shape index (κ2) is 10.2. The highest BCUT2D eigenvalue weighted by Gasteiger charge is 2.41. The molecule has 0 saturated heterocycles. The Kier molecular flexibility index (Phi) is 7.03. The number of halogens is 5. The number of nitrogens with one attached hydrogen (secondary N) is 1. The molecule has 2 heterocycles. The van der Waals surface area contributed by atoms with Crippen molar-refractivity contribution in [3.05, 3.63) is 102 Å². The molecule has 0 spiro atoms. The molecule has 0 bridgehead atoms. The first-order chi connectivity index (χ1) is 19.3. The summed E-state index contributed by atoms with van der Waals surface area (Å²) in [6, 6.07) is 9.27. The van der Waals surface area contributed by atoms with E-state index in [2.05, 4.69) is 19.9 Å². The van der Waals surface area contributed by atoms with Crippen molar-refractivity contribution in [3.63, 3.8) is 0 Å². The molecule has 15 heteroatoms. The lowest BCUT2D eigenvalue weighted by Gasteiger charge is -2.34. The van der Waals surface area contributed by atoms with Crippen LogP contribution in [0.1, 0.15) is 24.1 Å². The summed E-state index contributed by atoms with van der Waals surface area (Å²) in [5.74, 6) is -1.80. The minimum atomic E-state index is -4.61. The van der Waals surface area contributed by atoms with E-state index in [-0.39, 0.29) is 22.7 Å². The Morgan fingerprint density at radius 1 is 1.02 bits per heavy atom. The summed E-state index contributed by atoms with van der Waals surface area (Å²) in [7, 11) is -4.22. The third kappa shape index (κ3) is 5.63. The van der Waals surface area contributed by atoms with E-state index in [0.29, 0.717) is 29.1 Å². The zero-order chi connectivity index (χ0) is 29.6. The second-order valence-electron chi connectivity index (χ2n) is 9.33. The predicted octanol–water partition coefficient (Wildman–Crippen LogP) is 4.87. The second-order valence-corrected chi connectivity index (χ2v) is 11.0. The van der Waals surface area contributed by atoms with Gasteiger partial charge in [-0.2, -0.15) is 23.4 Å². The first kappa shape index (κ1) is 28.2. The summed E-state index contributed by atoms with van der Waals surface area (Å²) in [6.45, 7) is 1.31. The van der Waals surface area contributed by atoms with E-state index in [1.165, 1.54) is 46.4 Å². The van der Waals surface area contributed by atoms with E-state index < -0.39 is 45.0 Å². The largest absolute Gasteiger partial charge is 0.416 e. The van der Waals surface area contributed by atoms with Gasteiger partial charge < -0.3 is 5.11 Å². The van der Waals surface area contributed by atoms with Crippen molar-refractivity contribution in [2.75, 3.05) is 4.72 Å². The Morgan fingerprint density at radius 3 is 2.39 bits per heavy atom. The highest BCUT2D eigenvalue weighted by Crippen LogP contribution is 2.37. The Morgan fingerprint density at radius 2 is 1.76 bits per heavy atom. The minimum Gasteiger partial charge on any atom is -0.381 e. The highest BCUT2D eigenvalue weighted by molar-refractivity contribution is 7.92. The number of rotatable bonds is 8. The molecule has 2 aromatic heterocycles. The number of fused-ring (bicyclic) bond motifs is 1. The van der Waals surface area contributed by atoms with E-state index in [0.717, 1.165) is 24.3 Å². The predicted molar refractivity (Wildman–Crippen MR) is 137 cm³/mol. The van der Waals surface area contributed by atoms with Crippen LogP contribution in [-0.2, 0) is 28.3 Å². The summed E-state index contributed by atoms with van der Waals surface area (Å²) < 4.78 is 97.6. The molecule has 0 aliphatic rings. The van der Waals surface area contributed by atoms with Crippen LogP contribution < -0.4 is 4.72 Å². The molecule has 0 amide bonds. The number of hydrogen-bond donors (Lipinski definition) is 2. The van der Waals surface area contributed by atoms with Crippen LogP contribution in [0.3, 0.4) is 0 Å². The van der Waals surface area contributed by atoms with Crippen LogP contribution in [0.15, 0.2) is 84.4 Å². The summed E-state index contributed by atoms with van der Waals surface area (Å²) in [4.78, 5) is 3.47. The van der Waals surface area contributed by atoms with Gasteiger partial charge in [0.25, 0.3) is 10.0 Å². The van der Waals surface area contributed by atoms with Crippen molar-refractivity contribution in [2.45, 2.75) is 36.2 Å². The highest BCUT2D eigenvalue weighted by atomic mass is 32.2. The fourth-order valence-electron chi connectivity index (χ4n) is 4.41. The van der Waals surface area contributed by atoms with Crippen LogP contribution in [-0.4, -0.2) is 38.1 Å². The van der Waals surface area contributed by atoms with Crippen LogP contribution in [0.25, 0.3) is 10.9 Å². The van der Waals surface area contributed by atoms with Gasteiger partial charge in [-0.3, -0.25) is 9.40 Å². The van der Waals surface area contributed by atoms with Gasteiger partial charge >= 0.3 is 6.18 Å². The third-order valence-electron chi connectivity index (χ3n) is 6.62. The van der Waals surface area contributed by atoms with Crippen molar-refractivity contribution in [3.8, 4) is 0 Å². The monoisotopic (exact) mass is 592 g/mol. The fraction of sp³-hybridized carbons (Fsp3) is 0.192. The molecular formula is C26H21F5N6O3S. The molecule has 0 aliphatic heterocycles. The number of aliphatic hydroxyl groups is 1. The molecule has 9 nitrogen and oxygen atoms in total. The molecular weight excluding hydrogens is 571 g/mol. The summed E-state index contributed by atoms with van der Waals surface area (Å²) in [6.07, 6.45) is -0.541. The molecule has 5 aromatic rings. The maximum Gasteiger partial charge on any atom is 0.416 e. The van der Waals surface area contributed by atoms with Gasteiger partial charge in [0.1, 0.15) is 29.9 Å². The molecule has 2 atom stereocenters. The first-order valence-corrected chi connectivity index (χ1v) is 13.4. The van der Waals surface area contributed by atoms with Gasteiger partial charge in [0, 0.05) is 28.9 Å². The normalized spacial score (nSPS) is 14.6. The molecule has 0 unspecified atom stereocenters. The molecule has 41 heavy (non-hydrogen) atoms. The molecule has 3 aromatic carbocycles. The van der Waals surface area contributed by atoms with E-state index in [1.54, 1.807) is 6.92 Å². The number of alkyl halides is 3. The topological polar surface area (TPSA) is 115 Å². The lowest BCUT2D eigenvalue weighted by atomic mass is 9.86. The average molecular weight is 593 g/mol. The van der Waals surface area contributed by atoms with E-state index in [9.17, 15) is 35.5 Å². The SMILES string of the molecule is C[C@@H](n1cc2cc(NS(=O)(=O)c3ccc(C(F)(F)F)cc3)ccc2n1)[C@](O)(Cn1cncn1)c1ccc(F)cc1F. The van der Waals surface area contributed by atoms with Gasteiger partial charge in [0.15, 0.2) is 0 Å². The van der Waals surface area contributed by atoms with Gasteiger partial charge in [-0.1, -0.05) is 6.07 Å². The summed E-state index contributed by atoms with van der Waals surface area (Å²) >= 11 is 0. The molecule has 0 aliphatic carbocycles. The number of benzene rings is 3. The molecule has 2 N–H and O–H groups in total. The standard InChI is InChI=1S/C26H21F5N6O3S/c1-16(25(38,13-36-15-32-14-33-36)22-8-4-19(27)11-23(22)28)37-12-17-10-20(5-9-24(17)34-37)35-41(39,40)21-6-2-18(3-7-21)26(29,30)31/h2-12,14-16,35,38H,13H2,1H3/t16-,25-/m1/s1. The molecule has 0 radical (unpaired) electrons. The molecule has 0 saturated carbocycles. The Labute approximate surface area is 229 Å². The first-order valence-electron chi connectivity index (χ1n) is 12.0. The van der Waals surface area contributed by atoms with Crippen LogP contribution in [0, 0.1) is 11.6 Å². The van der Waals surface area contributed by atoms with Gasteiger partial charge in [-0.25, -0.2) is 26.9 Å². The zero-order valence-corrected chi connectivity index (χ0v) is 21.9. The lowest BCUT2D eigenvalue weighted by molar-refractivity contribution is -0.137. The van der Waals surface area contributed by atoms with Gasteiger partial charge in [-0.15, -0.1) is 0 Å². The summed E-state index contributed by atoms with van der Waals surface area (Å²) in [5, 5.41) is 20.7. The third-order valence-corrected chi connectivity index (χ3v) is 8.02. The molecule has 5 rings (SSSR count). The number of hydrogen-bond acceptors (Lipinski definition) is 6.